The van der Waals surface area contributed by atoms with Crippen molar-refractivity contribution in [3.8, 4) is 0 Å². The van der Waals surface area contributed by atoms with Gasteiger partial charge in [0.2, 0.25) is 0 Å². The van der Waals surface area contributed by atoms with Gasteiger partial charge in [-0.1, -0.05) is 15.9 Å². The van der Waals surface area contributed by atoms with Crippen molar-refractivity contribution in [2.24, 2.45) is 0 Å². The number of aromatic nitrogens is 2. The lowest BCUT2D eigenvalue weighted by atomic mass is 10.3. The van der Waals surface area contributed by atoms with Gasteiger partial charge in [-0.15, -0.1) is 11.8 Å². The van der Waals surface area contributed by atoms with Crippen LogP contribution in [-0.2, 0) is 6.54 Å². The summed E-state index contributed by atoms with van der Waals surface area (Å²) >= 11 is 4.93. The maximum Gasteiger partial charge on any atom is 0.176 e. The molecule has 0 radical (unpaired) electrons. The summed E-state index contributed by atoms with van der Waals surface area (Å²) in [6, 6.07) is 7.94. The van der Waals surface area contributed by atoms with E-state index in [1.54, 1.807) is 28.8 Å². The normalized spacial score (nSPS) is 10.6. The first-order valence-corrected chi connectivity index (χ1v) is 7.41. The van der Waals surface area contributed by atoms with E-state index < -0.39 is 0 Å². The number of hydrogen-bond acceptors (Lipinski definition) is 3. The van der Waals surface area contributed by atoms with Crippen LogP contribution in [0, 0.1) is 0 Å². The number of rotatable bonds is 5. The molecule has 5 heteroatoms. The van der Waals surface area contributed by atoms with Gasteiger partial charge in [0.15, 0.2) is 5.78 Å². The number of benzene rings is 1. The standard InChI is InChI=1S/C13H13BrN2OS/c1-2-16-8-10(7-15-16)13(17)9-18-12-5-3-11(14)4-6-12/h3-8H,2,9H2,1H3. The van der Waals surface area contributed by atoms with E-state index in [0.717, 1.165) is 15.9 Å². The first-order chi connectivity index (χ1) is 8.69. The van der Waals surface area contributed by atoms with Gasteiger partial charge < -0.3 is 0 Å². The van der Waals surface area contributed by atoms with E-state index in [1.807, 2.05) is 31.2 Å². The summed E-state index contributed by atoms with van der Waals surface area (Å²) < 4.78 is 2.81. The average Bonchev–Trinajstić information content (AvgIpc) is 2.86. The van der Waals surface area contributed by atoms with Gasteiger partial charge in [-0.25, -0.2) is 0 Å². The zero-order valence-electron chi connectivity index (χ0n) is 9.97. The summed E-state index contributed by atoms with van der Waals surface area (Å²) in [6.07, 6.45) is 3.43. The highest BCUT2D eigenvalue weighted by Gasteiger charge is 2.08. The van der Waals surface area contributed by atoms with Crippen LogP contribution in [0.5, 0.6) is 0 Å². The van der Waals surface area contributed by atoms with Crippen LogP contribution in [0.25, 0.3) is 0 Å². The zero-order valence-corrected chi connectivity index (χ0v) is 12.4. The topological polar surface area (TPSA) is 34.9 Å². The van der Waals surface area contributed by atoms with Crippen LogP contribution < -0.4 is 0 Å². The monoisotopic (exact) mass is 324 g/mol. The summed E-state index contributed by atoms with van der Waals surface area (Å²) in [5.74, 6) is 0.555. The van der Waals surface area contributed by atoms with E-state index >= 15 is 0 Å². The average molecular weight is 325 g/mol. The first-order valence-electron chi connectivity index (χ1n) is 5.63. The van der Waals surface area contributed by atoms with Gasteiger partial charge in [0.1, 0.15) is 0 Å². The summed E-state index contributed by atoms with van der Waals surface area (Å²) in [4.78, 5) is 13.0. The molecule has 0 fully saturated rings. The molecule has 18 heavy (non-hydrogen) atoms. The summed E-state index contributed by atoms with van der Waals surface area (Å²) in [6.45, 7) is 2.78. The molecule has 0 aliphatic heterocycles. The number of halogens is 1. The fourth-order valence-electron chi connectivity index (χ4n) is 1.44. The van der Waals surface area contributed by atoms with Crippen molar-refractivity contribution in [3.05, 3.63) is 46.7 Å². The van der Waals surface area contributed by atoms with Gasteiger partial charge in [-0.2, -0.15) is 5.10 Å². The minimum Gasteiger partial charge on any atom is -0.293 e. The third-order valence-electron chi connectivity index (χ3n) is 2.46. The van der Waals surface area contributed by atoms with E-state index in [9.17, 15) is 4.79 Å². The van der Waals surface area contributed by atoms with Crippen molar-refractivity contribution in [2.75, 3.05) is 5.75 Å². The molecule has 0 unspecified atom stereocenters. The van der Waals surface area contributed by atoms with Crippen molar-refractivity contribution in [2.45, 2.75) is 18.4 Å². The third-order valence-corrected chi connectivity index (χ3v) is 4.00. The zero-order chi connectivity index (χ0) is 13.0. The maximum absolute atomic E-state index is 11.9. The second kappa shape index (κ2) is 6.20. The lowest BCUT2D eigenvalue weighted by Gasteiger charge is -2.00. The Hall–Kier alpha value is -1.07. The van der Waals surface area contributed by atoms with Crippen molar-refractivity contribution < 1.29 is 4.79 Å². The number of thioether (sulfide) groups is 1. The quantitative estimate of drug-likeness (QED) is 0.622. The van der Waals surface area contributed by atoms with Gasteiger partial charge >= 0.3 is 0 Å². The predicted octanol–water partition coefficient (Wildman–Crippen LogP) is 3.64. The molecule has 0 atom stereocenters. The Kier molecular flexibility index (Phi) is 4.60. The molecule has 1 aromatic heterocycles. The highest BCUT2D eigenvalue weighted by molar-refractivity contribution is 9.10. The Morgan fingerprint density at radius 3 is 2.72 bits per heavy atom. The predicted molar refractivity (Wildman–Crippen MR) is 77.1 cm³/mol. The van der Waals surface area contributed by atoms with Crippen molar-refractivity contribution in [1.29, 1.82) is 0 Å². The van der Waals surface area contributed by atoms with Crippen LogP contribution in [0.4, 0.5) is 0 Å². The molecule has 0 aliphatic carbocycles. The lowest BCUT2D eigenvalue weighted by molar-refractivity contribution is 0.102. The molecule has 0 saturated carbocycles. The number of aryl methyl sites for hydroxylation is 1. The van der Waals surface area contributed by atoms with Crippen LogP contribution in [0.2, 0.25) is 0 Å². The molecule has 0 N–H and O–H groups in total. The van der Waals surface area contributed by atoms with Crippen molar-refractivity contribution in [3.63, 3.8) is 0 Å². The van der Waals surface area contributed by atoms with Gasteiger partial charge in [0, 0.05) is 22.1 Å². The summed E-state index contributed by atoms with van der Waals surface area (Å²) in [7, 11) is 0. The van der Waals surface area contributed by atoms with Crippen LogP contribution in [0.3, 0.4) is 0 Å². The van der Waals surface area contributed by atoms with Gasteiger partial charge in [0.25, 0.3) is 0 Å². The SMILES string of the molecule is CCn1cc(C(=O)CSc2ccc(Br)cc2)cn1. The minimum atomic E-state index is 0.114. The lowest BCUT2D eigenvalue weighted by Crippen LogP contribution is -2.01. The molecule has 1 aromatic carbocycles. The second-order valence-electron chi connectivity index (χ2n) is 3.75. The number of hydrogen-bond donors (Lipinski definition) is 0. The molecule has 0 amide bonds. The van der Waals surface area contributed by atoms with E-state index in [-0.39, 0.29) is 5.78 Å². The van der Waals surface area contributed by atoms with E-state index in [0.29, 0.717) is 11.3 Å². The van der Waals surface area contributed by atoms with Gasteiger partial charge in [-0.05, 0) is 31.2 Å². The molecule has 2 aromatic rings. The smallest absolute Gasteiger partial charge is 0.176 e. The Labute approximate surface area is 119 Å². The van der Waals surface area contributed by atoms with E-state index in [1.165, 1.54) is 0 Å². The fourth-order valence-corrected chi connectivity index (χ4v) is 2.50. The highest BCUT2D eigenvalue weighted by atomic mass is 79.9. The molecule has 3 nitrogen and oxygen atoms in total. The Morgan fingerprint density at radius 2 is 2.11 bits per heavy atom. The van der Waals surface area contributed by atoms with Crippen molar-refractivity contribution in [1.82, 2.24) is 9.78 Å². The molecule has 0 saturated heterocycles. The van der Waals surface area contributed by atoms with Crippen molar-refractivity contribution >= 4 is 33.5 Å². The maximum atomic E-state index is 11.9. The molecular formula is C13H13BrN2OS. The molecule has 1 heterocycles. The number of ketones is 1. The largest absolute Gasteiger partial charge is 0.293 e. The van der Waals surface area contributed by atoms with Gasteiger partial charge in [-0.3, -0.25) is 9.48 Å². The fraction of sp³-hybridized carbons (Fsp3) is 0.231. The Morgan fingerprint density at radius 1 is 1.39 bits per heavy atom. The molecule has 94 valence electrons. The van der Waals surface area contributed by atoms with E-state index in [2.05, 4.69) is 21.0 Å². The summed E-state index contributed by atoms with van der Waals surface area (Å²) in [5.41, 5.74) is 0.682. The third kappa shape index (κ3) is 3.46. The van der Waals surface area contributed by atoms with Crippen LogP contribution >= 0.6 is 27.7 Å². The number of carbonyl (C=O) groups excluding carboxylic acids is 1. The van der Waals surface area contributed by atoms with E-state index in [4.69, 9.17) is 0 Å². The van der Waals surface area contributed by atoms with Crippen LogP contribution in [0.1, 0.15) is 17.3 Å². The Bertz CT molecular complexity index is 536. The first kappa shape index (κ1) is 13.4. The second-order valence-corrected chi connectivity index (χ2v) is 5.71. The molecule has 0 spiro atoms. The Balaban J connectivity index is 1.93. The number of Topliss-reactive ketones (excluding diaryl/α,β-unsaturated/α-hetero) is 1. The molecule has 2 rings (SSSR count). The number of carbonyl (C=O) groups is 1. The summed E-state index contributed by atoms with van der Waals surface area (Å²) in [5, 5.41) is 4.10. The molecule has 0 aliphatic rings. The van der Waals surface area contributed by atoms with Gasteiger partial charge in [0.05, 0.1) is 17.5 Å². The molecule has 0 bridgehead atoms. The minimum absolute atomic E-state index is 0.114. The highest BCUT2D eigenvalue weighted by Crippen LogP contribution is 2.21. The van der Waals surface area contributed by atoms with Crippen LogP contribution in [0.15, 0.2) is 46.0 Å². The van der Waals surface area contributed by atoms with Crippen LogP contribution in [-0.4, -0.2) is 21.3 Å². The number of nitrogens with zero attached hydrogens (tertiary/aromatic N) is 2. The molecular weight excluding hydrogens is 312 g/mol.